The normalized spacial score (nSPS) is 9.30. The Hall–Kier alpha value is 1.92. The summed E-state index contributed by atoms with van der Waals surface area (Å²) in [6, 6.07) is 0. The Kier molecular flexibility index (Phi) is 16.1. The molecule has 0 heterocycles. The van der Waals surface area contributed by atoms with Crippen LogP contribution in [-0.4, -0.2) is 44.6 Å². The van der Waals surface area contributed by atoms with E-state index in [0.717, 1.165) is 0 Å². The van der Waals surface area contributed by atoms with Crippen LogP contribution in [0.25, 0.3) is 0 Å². The summed E-state index contributed by atoms with van der Waals surface area (Å²) in [7, 11) is 0. The molecule has 0 bridgehead atoms. The maximum absolute atomic E-state index is 8.82. The third-order valence-corrected chi connectivity index (χ3v) is 0. The zero-order chi connectivity index (χ0) is 8.08. The van der Waals surface area contributed by atoms with Gasteiger partial charge < -0.3 is 1.43 Å². The second-order valence-electron chi connectivity index (χ2n) is 0.679. The van der Waals surface area contributed by atoms with Crippen LogP contribution in [0.2, 0.25) is 0 Å². The van der Waals surface area contributed by atoms with Crippen LogP contribution in [0.15, 0.2) is 0 Å². The van der Waals surface area contributed by atoms with Crippen molar-refractivity contribution in [3.8, 4) is 0 Å². The zero-order valence-electron chi connectivity index (χ0n) is 5.83. The molecule has 0 aliphatic rings. The van der Waals surface area contributed by atoms with E-state index in [1.54, 1.807) is 0 Å². The van der Waals surface area contributed by atoms with Crippen LogP contribution in [0.3, 0.4) is 0 Å². The standard InChI is InChI=1S/K.H2O4Se.H2O3Se.H/c;1-5(2,3)4;1-4(2)3;/h;(H2,1,2,3,4);(H2,1,2,3);/q+1;;;-1. The first kappa shape index (κ1) is 17.9. The molecule has 0 radical (unpaired) electrons. The molecule has 0 amide bonds. The van der Waals surface area contributed by atoms with Crippen LogP contribution in [0, 0.1) is 0 Å². The van der Waals surface area contributed by atoms with Crippen molar-refractivity contribution in [3.05, 3.63) is 0 Å². The molecule has 0 aromatic heterocycles. The quantitative estimate of drug-likeness (QED) is 0.327. The smallest absolute Gasteiger partial charge is 1.00 e. The molecule has 0 aromatic carbocycles. The van der Waals surface area contributed by atoms with Gasteiger partial charge in [-0.25, -0.2) is 0 Å². The molecule has 0 aliphatic carbocycles. The minimum absolute atomic E-state index is 0. The van der Waals surface area contributed by atoms with Crippen LogP contribution < -0.4 is 51.4 Å². The summed E-state index contributed by atoms with van der Waals surface area (Å²) in [4.78, 5) is 0. The SMILES string of the molecule is O=[Se](=O)(O)O.O=[Se](O)O.[H-].[K+]. The Morgan fingerprint density at radius 1 is 1.20 bits per heavy atom. The molecule has 4 N–H and O–H groups in total. The average molecular weight is 314 g/mol. The number of rotatable bonds is 0. The van der Waals surface area contributed by atoms with E-state index < -0.39 is 27.9 Å². The number of hydrogen-bond acceptors (Lipinski definition) is 3. The first-order valence-electron chi connectivity index (χ1n) is 1.23. The van der Waals surface area contributed by atoms with E-state index in [4.69, 9.17) is 28.3 Å². The molecule has 0 unspecified atom stereocenters. The van der Waals surface area contributed by atoms with Gasteiger partial charge >= 0.3 is 108 Å². The second kappa shape index (κ2) is 9.01. The van der Waals surface area contributed by atoms with E-state index in [9.17, 15) is 0 Å². The predicted octanol–water partition coefficient (Wildman–Crippen LogP) is -6.23. The Labute approximate surface area is 107 Å². The number of hydrogen-bond donors (Lipinski definition) is 4. The van der Waals surface area contributed by atoms with Gasteiger partial charge in [0.15, 0.2) is 0 Å². The second-order valence-corrected chi connectivity index (χ2v) is 3.53. The molecule has 10 heavy (non-hydrogen) atoms. The van der Waals surface area contributed by atoms with E-state index in [-0.39, 0.29) is 52.8 Å². The van der Waals surface area contributed by atoms with Crippen molar-refractivity contribution in [1.29, 1.82) is 0 Å². The molecule has 0 rings (SSSR count). The molecular weight excluding hydrogens is 309 g/mol. The van der Waals surface area contributed by atoms with Crippen molar-refractivity contribution in [1.82, 2.24) is 0 Å². The fourth-order valence-corrected chi connectivity index (χ4v) is 0. The van der Waals surface area contributed by atoms with Crippen molar-refractivity contribution < 1.29 is 81.1 Å². The summed E-state index contributed by atoms with van der Waals surface area (Å²) in [6.07, 6.45) is 0. The van der Waals surface area contributed by atoms with Gasteiger partial charge in [0, 0.05) is 0 Å². The van der Waals surface area contributed by atoms with Crippen LogP contribution >= 0.6 is 0 Å². The molecule has 0 aliphatic heterocycles. The zero-order valence-corrected chi connectivity index (χ0v) is 11.4. The first-order valence-corrected chi connectivity index (χ1v) is 6.39. The van der Waals surface area contributed by atoms with Crippen molar-refractivity contribution in [2.75, 3.05) is 0 Å². The van der Waals surface area contributed by atoms with Gasteiger partial charge in [-0.1, -0.05) is 0 Å². The molecule has 0 atom stereocenters. The third-order valence-electron chi connectivity index (χ3n) is 0. The van der Waals surface area contributed by atoms with Crippen LogP contribution in [0.5, 0.6) is 0 Å². The Balaban J connectivity index is -0.0000000383. The van der Waals surface area contributed by atoms with E-state index in [1.165, 1.54) is 0 Å². The van der Waals surface area contributed by atoms with Crippen LogP contribution in [-0.2, 0) is 11.5 Å². The van der Waals surface area contributed by atoms with Crippen molar-refractivity contribution in [2.45, 2.75) is 0 Å². The van der Waals surface area contributed by atoms with Gasteiger partial charge in [0.2, 0.25) is 0 Å². The largest absolute Gasteiger partial charge is 1.00 e. The minimum Gasteiger partial charge on any atom is -1.00 e. The molecule has 0 aromatic rings. The molecule has 0 saturated heterocycles. The van der Waals surface area contributed by atoms with Gasteiger partial charge in [0.1, 0.15) is 0 Å². The summed E-state index contributed by atoms with van der Waals surface area (Å²) in [5.41, 5.74) is 0. The summed E-state index contributed by atoms with van der Waals surface area (Å²) < 4.78 is 55.0. The average Bonchev–Trinajstić information content (AvgIpc) is 1.19. The molecule has 60 valence electrons. The van der Waals surface area contributed by atoms with Gasteiger partial charge in [-0.05, 0) is 0 Å². The van der Waals surface area contributed by atoms with Gasteiger partial charge in [0.05, 0.1) is 0 Å². The van der Waals surface area contributed by atoms with Crippen molar-refractivity contribution >= 4 is 27.9 Å². The molecule has 0 saturated carbocycles. The van der Waals surface area contributed by atoms with Gasteiger partial charge in [-0.2, -0.15) is 0 Å². The van der Waals surface area contributed by atoms with Gasteiger partial charge in [0.25, 0.3) is 0 Å². The fraction of sp³-hybridized carbons (Fsp3) is 0. The van der Waals surface area contributed by atoms with Crippen LogP contribution in [0.1, 0.15) is 1.43 Å². The molecular formula is H5KO7Se2. The van der Waals surface area contributed by atoms with E-state index in [2.05, 4.69) is 0 Å². The van der Waals surface area contributed by atoms with E-state index >= 15 is 0 Å². The topological polar surface area (TPSA) is 132 Å². The molecule has 10 heteroatoms. The molecule has 0 fully saturated rings. The Bertz CT molecular complexity index is 159. The van der Waals surface area contributed by atoms with E-state index in [1.807, 2.05) is 0 Å². The van der Waals surface area contributed by atoms with Crippen molar-refractivity contribution in [2.24, 2.45) is 0 Å². The van der Waals surface area contributed by atoms with Crippen molar-refractivity contribution in [3.63, 3.8) is 0 Å². The molecule has 0 spiro atoms. The Morgan fingerprint density at radius 2 is 1.20 bits per heavy atom. The fourth-order valence-electron chi connectivity index (χ4n) is 0. The molecule has 7 nitrogen and oxygen atoms in total. The predicted molar refractivity (Wildman–Crippen MR) is 23.6 cm³/mol. The van der Waals surface area contributed by atoms with Gasteiger partial charge in [-0.3, -0.25) is 0 Å². The van der Waals surface area contributed by atoms with Crippen LogP contribution in [0.4, 0.5) is 0 Å². The Morgan fingerprint density at radius 3 is 1.20 bits per heavy atom. The summed E-state index contributed by atoms with van der Waals surface area (Å²) in [6.45, 7) is 0. The summed E-state index contributed by atoms with van der Waals surface area (Å²) in [5.74, 6) is 0. The maximum Gasteiger partial charge on any atom is 1.00 e. The third kappa shape index (κ3) is 215. The first-order chi connectivity index (χ1) is 3.73. The van der Waals surface area contributed by atoms with E-state index in [0.29, 0.717) is 0 Å². The summed E-state index contributed by atoms with van der Waals surface area (Å²) in [5, 5.41) is 0. The monoisotopic (exact) mass is 316 g/mol. The maximum atomic E-state index is 8.82. The minimum atomic E-state index is -5.25. The summed E-state index contributed by atoms with van der Waals surface area (Å²) >= 11 is -8.54. The van der Waals surface area contributed by atoms with Gasteiger partial charge in [-0.15, -0.1) is 0 Å².